The maximum absolute atomic E-state index is 13.3. The molecule has 0 aromatic heterocycles. The number of hydrogen-bond donors (Lipinski definition) is 1. The zero-order valence-electron chi connectivity index (χ0n) is 22.6. The van der Waals surface area contributed by atoms with E-state index in [0.717, 1.165) is 13.0 Å². The van der Waals surface area contributed by atoms with Crippen LogP contribution in [0.4, 0.5) is 0 Å². The van der Waals surface area contributed by atoms with E-state index in [4.69, 9.17) is 14.2 Å². The van der Waals surface area contributed by atoms with Gasteiger partial charge in [0, 0.05) is 12.1 Å². The van der Waals surface area contributed by atoms with Crippen molar-refractivity contribution < 1.29 is 28.9 Å². The van der Waals surface area contributed by atoms with Crippen LogP contribution in [0.2, 0.25) is 0 Å². The number of ketones is 1. The molecule has 200 valence electrons. The van der Waals surface area contributed by atoms with Crippen LogP contribution >= 0.6 is 0 Å². The molecule has 2 aromatic rings. The summed E-state index contributed by atoms with van der Waals surface area (Å²) in [6.07, 6.45) is 1.52. The molecule has 0 saturated carbocycles. The van der Waals surface area contributed by atoms with Crippen LogP contribution in [0.25, 0.3) is 5.76 Å². The lowest BCUT2D eigenvalue weighted by Crippen LogP contribution is -2.32. The van der Waals surface area contributed by atoms with Crippen molar-refractivity contribution in [2.24, 2.45) is 0 Å². The zero-order valence-corrected chi connectivity index (χ0v) is 22.6. The molecule has 0 spiro atoms. The van der Waals surface area contributed by atoms with Crippen molar-refractivity contribution >= 4 is 17.4 Å². The van der Waals surface area contributed by atoms with Crippen molar-refractivity contribution in [3.05, 3.63) is 59.2 Å². The number of methoxy groups -OCH3 is 1. The number of nitrogens with zero attached hydrogens (tertiary/aromatic N) is 2. The van der Waals surface area contributed by atoms with Gasteiger partial charge < -0.3 is 29.1 Å². The standard InChI is InChI=1S/C29H38N2O6/c1-7-17-36-23-14-11-21(18-24(23)35-6)26-25(28(33)29(34)31(26)16-8-15-30(4)5)27(32)20-9-12-22(13-10-20)37-19(2)3/h9-14,18-19,26,32H,7-8,15-17H2,1-6H3/b27-25+/t26-/m1/s1. The Labute approximate surface area is 219 Å². The molecular formula is C29H38N2O6. The number of rotatable bonds is 12. The Balaban J connectivity index is 2.08. The molecule has 1 aliphatic heterocycles. The number of aliphatic hydroxyl groups excluding tert-OH is 1. The Kier molecular flexibility index (Phi) is 9.58. The first-order valence-corrected chi connectivity index (χ1v) is 12.7. The average Bonchev–Trinajstić information content (AvgIpc) is 3.12. The third kappa shape index (κ3) is 6.63. The van der Waals surface area contributed by atoms with Crippen molar-refractivity contribution in [3.63, 3.8) is 0 Å². The van der Waals surface area contributed by atoms with Crippen molar-refractivity contribution in [1.82, 2.24) is 9.80 Å². The number of hydrogen-bond acceptors (Lipinski definition) is 7. The molecule has 0 aliphatic carbocycles. The minimum Gasteiger partial charge on any atom is -0.507 e. The summed E-state index contributed by atoms with van der Waals surface area (Å²) in [4.78, 5) is 30.0. The highest BCUT2D eigenvalue weighted by atomic mass is 16.5. The minimum absolute atomic E-state index is 0.00574. The van der Waals surface area contributed by atoms with Crippen molar-refractivity contribution in [2.75, 3.05) is 40.9 Å². The Morgan fingerprint density at radius 2 is 1.78 bits per heavy atom. The Morgan fingerprint density at radius 1 is 1.08 bits per heavy atom. The average molecular weight is 511 g/mol. The van der Waals surface area contributed by atoms with Gasteiger partial charge in [-0.3, -0.25) is 9.59 Å². The van der Waals surface area contributed by atoms with Gasteiger partial charge in [-0.15, -0.1) is 0 Å². The van der Waals surface area contributed by atoms with E-state index in [1.807, 2.05) is 45.8 Å². The largest absolute Gasteiger partial charge is 0.507 e. The fraction of sp³-hybridized carbons (Fsp3) is 0.448. The number of benzene rings is 2. The molecule has 0 radical (unpaired) electrons. The molecular weight excluding hydrogens is 472 g/mol. The monoisotopic (exact) mass is 510 g/mol. The molecule has 1 heterocycles. The Bertz CT molecular complexity index is 1120. The molecule has 37 heavy (non-hydrogen) atoms. The number of carbonyl (C=O) groups is 2. The normalized spacial score (nSPS) is 17.1. The molecule has 1 N–H and O–H groups in total. The maximum atomic E-state index is 13.3. The second kappa shape index (κ2) is 12.6. The van der Waals surface area contributed by atoms with E-state index in [1.165, 1.54) is 4.90 Å². The molecule has 0 unspecified atom stereocenters. The SMILES string of the molecule is CCCOc1ccc([C@@H]2/C(=C(\O)c3ccc(OC(C)C)cc3)C(=O)C(=O)N2CCCN(C)C)cc1OC. The zero-order chi connectivity index (χ0) is 27.1. The summed E-state index contributed by atoms with van der Waals surface area (Å²) < 4.78 is 17.0. The van der Waals surface area contributed by atoms with Crippen molar-refractivity contribution in [3.8, 4) is 17.2 Å². The van der Waals surface area contributed by atoms with E-state index in [1.54, 1.807) is 43.5 Å². The van der Waals surface area contributed by atoms with E-state index < -0.39 is 17.7 Å². The summed E-state index contributed by atoms with van der Waals surface area (Å²) in [6, 6.07) is 11.4. The molecule has 1 saturated heterocycles. The molecule has 1 aliphatic rings. The number of carbonyl (C=O) groups excluding carboxylic acids is 2. The van der Waals surface area contributed by atoms with Crippen LogP contribution in [-0.4, -0.2) is 73.6 Å². The van der Waals surface area contributed by atoms with Gasteiger partial charge in [-0.25, -0.2) is 0 Å². The predicted octanol–water partition coefficient (Wildman–Crippen LogP) is 4.64. The van der Waals surface area contributed by atoms with Gasteiger partial charge in [0.1, 0.15) is 11.5 Å². The summed E-state index contributed by atoms with van der Waals surface area (Å²) in [5.41, 5.74) is 1.14. The molecule has 2 aromatic carbocycles. The van der Waals surface area contributed by atoms with Crippen LogP contribution in [0.15, 0.2) is 48.0 Å². The number of amides is 1. The number of likely N-dealkylation sites (tertiary alicyclic amines) is 1. The van der Waals surface area contributed by atoms with Gasteiger partial charge in [0.15, 0.2) is 11.5 Å². The lowest BCUT2D eigenvalue weighted by atomic mass is 9.95. The van der Waals surface area contributed by atoms with Crippen LogP contribution in [0, 0.1) is 0 Å². The molecule has 1 amide bonds. The quantitative estimate of drug-likeness (QED) is 0.253. The fourth-order valence-corrected chi connectivity index (χ4v) is 4.32. The van der Waals surface area contributed by atoms with Crippen LogP contribution in [0.5, 0.6) is 17.2 Å². The first kappa shape index (κ1) is 28.1. The highest BCUT2D eigenvalue weighted by Gasteiger charge is 2.46. The van der Waals surface area contributed by atoms with E-state index in [0.29, 0.717) is 47.9 Å². The van der Waals surface area contributed by atoms with Crippen LogP contribution in [0.3, 0.4) is 0 Å². The third-order valence-corrected chi connectivity index (χ3v) is 6.01. The van der Waals surface area contributed by atoms with Crippen LogP contribution < -0.4 is 14.2 Å². The highest BCUT2D eigenvalue weighted by Crippen LogP contribution is 2.42. The van der Waals surface area contributed by atoms with Crippen molar-refractivity contribution in [1.29, 1.82) is 0 Å². The number of ether oxygens (including phenoxy) is 3. The maximum Gasteiger partial charge on any atom is 0.295 e. The van der Waals surface area contributed by atoms with E-state index in [2.05, 4.69) is 0 Å². The summed E-state index contributed by atoms with van der Waals surface area (Å²) >= 11 is 0. The van der Waals surface area contributed by atoms with Gasteiger partial charge in [0.25, 0.3) is 11.7 Å². The summed E-state index contributed by atoms with van der Waals surface area (Å²) in [7, 11) is 5.46. The Morgan fingerprint density at radius 3 is 2.38 bits per heavy atom. The van der Waals surface area contributed by atoms with Gasteiger partial charge >= 0.3 is 0 Å². The second-order valence-electron chi connectivity index (χ2n) is 9.60. The predicted molar refractivity (Wildman–Crippen MR) is 143 cm³/mol. The van der Waals surface area contributed by atoms with E-state index in [9.17, 15) is 14.7 Å². The fourth-order valence-electron chi connectivity index (χ4n) is 4.32. The topological polar surface area (TPSA) is 88.5 Å². The molecule has 0 bridgehead atoms. The lowest BCUT2D eigenvalue weighted by Gasteiger charge is -2.26. The van der Waals surface area contributed by atoms with Gasteiger partial charge in [-0.1, -0.05) is 13.0 Å². The second-order valence-corrected chi connectivity index (χ2v) is 9.60. The first-order valence-electron chi connectivity index (χ1n) is 12.7. The third-order valence-electron chi connectivity index (χ3n) is 6.01. The van der Waals surface area contributed by atoms with Gasteiger partial charge in [-0.05, 0) is 89.3 Å². The molecule has 8 nitrogen and oxygen atoms in total. The van der Waals surface area contributed by atoms with Gasteiger partial charge in [0.05, 0.1) is 31.4 Å². The molecule has 1 fully saturated rings. The summed E-state index contributed by atoms with van der Waals surface area (Å²) in [6.45, 7) is 7.53. The lowest BCUT2D eigenvalue weighted by molar-refractivity contribution is -0.139. The van der Waals surface area contributed by atoms with Gasteiger partial charge in [-0.2, -0.15) is 0 Å². The molecule has 1 atom stereocenters. The minimum atomic E-state index is -0.761. The van der Waals surface area contributed by atoms with Crippen molar-refractivity contribution in [2.45, 2.75) is 45.8 Å². The van der Waals surface area contributed by atoms with Gasteiger partial charge in [0.2, 0.25) is 0 Å². The summed E-state index contributed by atoms with van der Waals surface area (Å²) in [5, 5.41) is 11.3. The molecule has 3 rings (SSSR count). The van der Waals surface area contributed by atoms with E-state index >= 15 is 0 Å². The smallest absolute Gasteiger partial charge is 0.295 e. The Hall–Kier alpha value is -3.52. The molecule has 8 heteroatoms. The first-order chi connectivity index (χ1) is 17.7. The summed E-state index contributed by atoms with van der Waals surface area (Å²) in [5.74, 6) is 0.174. The van der Waals surface area contributed by atoms with Crippen LogP contribution in [-0.2, 0) is 9.59 Å². The highest BCUT2D eigenvalue weighted by molar-refractivity contribution is 6.46. The number of aliphatic hydroxyl groups is 1. The number of Topliss-reactive ketones (excluding diaryl/α,β-unsaturated/α-hetero) is 1. The van der Waals surface area contributed by atoms with Crippen LogP contribution in [0.1, 0.15) is 50.8 Å². The van der Waals surface area contributed by atoms with E-state index in [-0.39, 0.29) is 17.4 Å².